The molecule has 3 aliphatic heterocycles. The lowest BCUT2D eigenvalue weighted by molar-refractivity contribution is -0.206. The quantitative estimate of drug-likeness (QED) is 0.738. The average Bonchev–Trinajstić information content (AvgIpc) is 3.49. The summed E-state index contributed by atoms with van der Waals surface area (Å²) in [5, 5.41) is 2.77. The molecule has 2 amide bonds. The highest BCUT2D eigenvalue weighted by Gasteiger charge is 2.53. The van der Waals surface area contributed by atoms with Crippen molar-refractivity contribution in [3.63, 3.8) is 0 Å². The normalized spacial score (nSPS) is 29.6. The van der Waals surface area contributed by atoms with Gasteiger partial charge >= 0.3 is 0 Å². The van der Waals surface area contributed by atoms with E-state index in [4.69, 9.17) is 4.74 Å². The number of nitrogens with zero attached hydrogens (tertiary/aromatic N) is 3. The van der Waals surface area contributed by atoms with Crippen LogP contribution in [-0.2, 0) is 14.3 Å². The third-order valence-corrected chi connectivity index (χ3v) is 6.87. The second-order valence-corrected chi connectivity index (χ2v) is 8.90. The standard InChI is InChI=1S/C20H34N4O3/c1-3-22-8-6-16(7-9-22)19(26)24-13-20(14-24)12-23(10-15-4-5-15)17(11-27-20)18(25)21-2/h15-17H,3-14H2,1-2H3,(H,21,25)/t17-/m0/s1. The van der Waals surface area contributed by atoms with Crippen LogP contribution in [0.5, 0.6) is 0 Å². The minimum atomic E-state index is -0.265. The predicted molar refractivity (Wildman–Crippen MR) is 102 cm³/mol. The Kier molecular flexibility index (Phi) is 5.45. The van der Waals surface area contributed by atoms with Gasteiger partial charge in [0.05, 0.1) is 19.7 Å². The van der Waals surface area contributed by atoms with Crippen LogP contribution >= 0.6 is 0 Å². The molecule has 0 radical (unpaired) electrons. The summed E-state index contributed by atoms with van der Waals surface area (Å²) in [7, 11) is 1.69. The summed E-state index contributed by atoms with van der Waals surface area (Å²) in [6.07, 6.45) is 4.49. The molecule has 0 bridgehead atoms. The smallest absolute Gasteiger partial charge is 0.239 e. The molecule has 1 atom stereocenters. The molecule has 1 N–H and O–H groups in total. The lowest BCUT2D eigenvalue weighted by Crippen LogP contribution is -2.74. The van der Waals surface area contributed by atoms with Gasteiger partial charge in [-0.3, -0.25) is 14.5 Å². The molecule has 3 heterocycles. The molecule has 1 spiro atoms. The van der Waals surface area contributed by atoms with Crippen LogP contribution in [0.4, 0.5) is 0 Å². The number of hydrogen-bond acceptors (Lipinski definition) is 5. The minimum Gasteiger partial charge on any atom is -0.368 e. The van der Waals surface area contributed by atoms with E-state index in [1.807, 2.05) is 4.90 Å². The number of piperidine rings is 1. The van der Waals surface area contributed by atoms with E-state index in [0.717, 1.165) is 51.5 Å². The largest absolute Gasteiger partial charge is 0.368 e. The molecule has 27 heavy (non-hydrogen) atoms. The first kappa shape index (κ1) is 19.2. The molecule has 152 valence electrons. The number of likely N-dealkylation sites (N-methyl/N-ethyl adjacent to an activating group) is 1. The van der Waals surface area contributed by atoms with Crippen LogP contribution in [0.3, 0.4) is 0 Å². The summed E-state index contributed by atoms with van der Waals surface area (Å²) in [5.74, 6) is 1.26. The van der Waals surface area contributed by atoms with Crippen LogP contribution in [0.2, 0.25) is 0 Å². The summed E-state index contributed by atoms with van der Waals surface area (Å²) in [5.41, 5.74) is -0.265. The van der Waals surface area contributed by atoms with Gasteiger partial charge in [0.15, 0.2) is 0 Å². The van der Waals surface area contributed by atoms with Gasteiger partial charge < -0.3 is 19.9 Å². The zero-order valence-electron chi connectivity index (χ0n) is 16.8. The highest BCUT2D eigenvalue weighted by Crippen LogP contribution is 2.36. The molecule has 7 heteroatoms. The highest BCUT2D eigenvalue weighted by atomic mass is 16.5. The van der Waals surface area contributed by atoms with E-state index in [9.17, 15) is 9.59 Å². The van der Waals surface area contributed by atoms with E-state index in [-0.39, 0.29) is 23.5 Å². The highest BCUT2D eigenvalue weighted by molar-refractivity contribution is 5.82. The second-order valence-electron chi connectivity index (χ2n) is 8.90. The van der Waals surface area contributed by atoms with Gasteiger partial charge in [-0.05, 0) is 51.2 Å². The van der Waals surface area contributed by atoms with Crippen LogP contribution in [0.1, 0.15) is 32.6 Å². The maximum Gasteiger partial charge on any atom is 0.239 e. The Morgan fingerprint density at radius 3 is 2.41 bits per heavy atom. The van der Waals surface area contributed by atoms with E-state index in [2.05, 4.69) is 22.0 Å². The Balaban J connectivity index is 1.32. The first-order valence-electron chi connectivity index (χ1n) is 10.6. The zero-order chi connectivity index (χ0) is 19.0. The summed E-state index contributed by atoms with van der Waals surface area (Å²) < 4.78 is 6.17. The van der Waals surface area contributed by atoms with Crippen molar-refractivity contribution in [2.45, 2.75) is 44.2 Å². The van der Waals surface area contributed by atoms with E-state index in [1.165, 1.54) is 12.8 Å². The Labute approximate surface area is 162 Å². The Morgan fingerprint density at radius 1 is 1.11 bits per heavy atom. The molecule has 3 saturated heterocycles. The maximum atomic E-state index is 12.9. The number of carbonyl (C=O) groups is 2. The maximum absolute atomic E-state index is 12.9. The fourth-order valence-corrected chi connectivity index (χ4v) is 4.87. The van der Waals surface area contributed by atoms with Crippen molar-refractivity contribution in [1.82, 2.24) is 20.0 Å². The molecule has 0 aromatic rings. The summed E-state index contributed by atoms with van der Waals surface area (Å²) >= 11 is 0. The zero-order valence-corrected chi connectivity index (χ0v) is 16.8. The molecular weight excluding hydrogens is 344 g/mol. The molecule has 0 unspecified atom stereocenters. The van der Waals surface area contributed by atoms with Crippen LogP contribution in [0, 0.1) is 11.8 Å². The summed E-state index contributed by atoms with van der Waals surface area (Å²) in [4.78, 5) is 31.8. The van der Waals surface area contributed by atoms with Crippen molar-refractivity contribution in [2.24, 2.45) is 11.8 Å². The molecular formula is C20H34N4O3. The van der Waals surface area contributed by atoms with Gasteiger partial charge in [-0.15, -0.1) is 0 Å². The van der Waals surface area contributed by atoms with Gasteiger partial charge in [0.2, 0.25) is 11.8 Å². The van der Waals surface area contributed by atoms with Gasteiger partial charge in [-0.2, -0.15) is 0 Å². The fraction of sp³-hybridized carbons (Fsp3) is 0.900. The molecule has 0 aromatic heterocycles. The van der Waals surface area contributed by atoms with Crippen molar-refractivity contribution in [2.75, 3.05) is 59.5 Å². The average molecular weight is 379 g/mol. The first-order valence-corrected chi connectivity index (χ1v) is 10.6. The third kappa shape index (κ3) is 4.00. The van der Waals surface area contributed by atoms with Gasteiger partial charge in [0, 0.05) is 26.1 Å². The number of ether oxygens (including phenoxy) is 1. The first-order chi connectivity index (χ1) is 13.0. The Morgan fingerprint density at radius 2 is 1.81 bits per heavy atom. The van der Waals surface area contributed by atoms with Gasteiger partial charge in [-0.1, -0.05) is 6.92 Å². The SMILES string of the molecule is CCN1CCC(C(=O)N2CC3(C2)CN(CC2CC2)[C@H](C(=O)NC)CO3)CC1. The van der Waals surface area contributed by atoms with Crippen LogP contribution < -0.4 is 5.32 Å². The number of rotatable bonds is 5. The fourth-order valence-electron chi connectivity index (χ4n) is 4.87. The van der Waals surface area contributed by atoms with Crippen LogP contribution in [-0.4, -0.2) is 97.6 Å². The van der Waals surface area contributed by atoms with E-state index in [0.29, 0.717) is 25.6 Å². The second kappa shape index (κ2) is 7.68. The molecule has 7 nitrogen and oxygen atoms in total. The van der Waals surface area contributed by atoms with Crippen molar-refractivity contribution in [1.29, 1.82) is 0 Å². The van der Waals surface area contributed by atoms with Crippen molar-refractivity contribution >= 4 is 11.8 Å². The third-order valence-electron chi connectivity index (χ3n) is 6.87. The van der Waals surface area contributed by atoms with Crippen LogP contribution in [0.15, 0.2) is 0 Å². The van der Waals surface area contributed by atoms with Gasteiger partial charge in [0.25, 0.3) is 0 Å². The van der Waals surface area contributed by atoms with Crippen molar-refractivity contribution in [3.8, 4) is 0 Å². The van der Waals surface area contributed by atoms with E-state index in [1.54, 1.807) is 7.05 Å². The number of carbonyl (C=O) groups excluding carboxylic acids is 2. The number of hydrogen-bond donors (Lipinski definition) is 1. The lowest BCUT2D eigenvalue weighted by Gasteiger charge is -2.56. The molecule has 4 fully saturated rings. The van der Waals surface area contributed by atoms with E-state index < -0.39 is 0 Å². The molecule has 4 rings (SSSR count). The molecule has 1 saturated carbocycles. The van der Waals surface area contributed by atoms with Gasteiger partial charge in [-0.25, -0.2) is 0 Å². The topological polar surface area (TPSA) is 65.1 Å². The van der Waals surface area contributed by atoms with Crippen molar-refractivity contribution in [3.05, 3.63) is 0 Å². The number of likely N-dealkylation sites (tertiary alicyclic amines) is 2. The molecule has 0 aromatic carbocycles. The predicted octanol–water partition coefficient (Wildman–Crippen LogP) is 0.156. The van der Waals surface area contributed by atoms with Crippen LogP contribution in [0.25, 0.3) is 0 Å². The minimum absolute atomic E-state index is 0.0421. The van der Waals surface area contributed by atoms with E-state index >= 15 is 0 Å². The molecule has 1 aliphatic carbocycles. The monoisotopic (exact) mass is 378 g/mol. The summed E-state index contributed by atoms with van der Waals surface area (Å²) in [6, 6.07) is -0.190. The Bertz CT molecular complexity index is 566. The number of morpholine rings is 1. The van der Waals surface area contributed by atoms with Gasteiger partial charge in [0.1, 0.15) is 11.6 Å². The summed E-state index contributed by atoms with van der Waals surface area (Å²) in [6.45, 7) is 8.86. The Hall–Kier alpha value is -1.18. The number of amides is 2. The lowest BCUT2D eigenvalue weighted by atomic mass is 9.87. The number of nitrogens with one attached hydrogen (secondary N) is 1. The molecule has 4 aliphatic rings. The van der Waals surface area contributed by atoms with Crippen molar-refractivity contribution < 1.29 is 14.3 Å².